The molecule has 5 nitrogen and oxygen atoms in total. The average molecular weight is 266 g/mol. The second-order valence-electron chi connectivity index (χ2n) is 4.29. The second kappa shape index (κ2) is 6.43. The molecule has 0 aliphatic carbocycles. The molecule has 0 atom stereocenters. The molecule has 0 bridgehead atoms. The lowest BCUT2D eigenvalue weighted by Crippen LogP contribution is -2.26. The first-order valence-electron chi connectivity index (χ1n) is 6.25. The van der Waals surface area contributed by atoms with Crippen molar-refractivity contribution in [3.63, 3.8) is 0 Å². The van der Waals surface area contributed by atoms with Crippen molar-refractivity contribution in [2.45, 2.75) is 18.9 Å². The smallest absolute Gasteiger partial charge is 0.337 e. The van der Waals surface area contributed by atoms with E-state index >= 15 is 0 Å². The minimum atomic E-state index is -0.389. The average Bonchev–Trinajstić information content (AvgIpc) is 2.47. The van der Waals surface area contributed by atoms with Crippen molar-refractivity contribution >= 4 is 5.97 Å². The molecule has 0 amide bonds. The molecule has 1 aliphatic heterocycles. The maximum atomic E-state index is 11.5. The van der Waals surface area contributed by atoms with Crippen LogP contribution in [0.1, 0.15) is 23.2 Å². The van der Waals surface area contributed by atoms with Gasteiger partial charge in [-0.15, -0.1) is 0 Å². The first kappa shape index (κ1) is 13.7. The van der Waals surface area contributed by atoms with Crippen LogP contribution in [0.25, 0.3) is 0 Å². The van der Waals surface area contributed by atoms with E-state index in [9.17, 15) is 4.79 Å². The first-order chi connectivity index (χ1) is 9.24. The van der Waals surface area contributed by atoms with Crippen LogP contribution in [0.3, 0.4) is 0 Å². The van der Waals surface area contributed by atoms with Crippen LogP contribution in [0.2, 0.25) is 0 Å². The van der Waals surface area contributed by atoms with Gasteiger partial charge >= 0.3 is 5.97 Å². The molecule has 0 unspecified atom stereocenters. The van der Waals surface area contributed by atoms with Gasteiger partial charge in [0.15, 0.2) is 11.5 Å². The zero-order valence-corrected chi connectivity index (χ0v) is 11.2. The summed E-state index contributed by atoms with van der Waals surface area (Å²) in [5.74, 6) is 0.788. The number of hydrogen-bond donors (Lipinski definition) is 0. The lowest BCUT2D eigenvalue weighted by Gasteiger charge is -2.24. The van der Waals surface area contributed by atoms with Gasteiger partial charge in [0, 0.05) is 12.8 Å². The third-order valence-electron chi connectivity index (χ3n) is 3.05. The quantitative estimate of drug-likeness (QED) is 0.781. The van der Waals surface area contributed by atoms with E-state index in [0.29, 0.717) is 30.3 Å². The van der Waals surface area contributed by atoms with E-state index in [4.69, 9.17) is 18.9 Å². The van der Waals surface area contributed by atoms with Crippen LogP contribution in [-0.2, 0) is 9.47 Å². The van der Waals surface area contributed by atoms with Gasteiger partial charge in [0.05, 0.1) is 33.0 Å². The second-order valence-corrected chi connectivity index (χ2v) is 4.29. The topological polar surface area (TPSA) is 54.0 Å². The molecule has 0 aromatic heterocycles. The van der Waals surface area contributed by atoms with Gasteiger partial charge in [0.1, 0.15) is 6.10 Å². The van der Waals surface area contributed by atoms with Gasteiger partial charge in [-0.2, -0.15) is 0 Å². The minimum Gasteiger partial charge on any atom is -0.493 e. The summed E-state index contributed by atoms with van der Waals surface area (Å²) < 4.78 is 21.1. The molecule has 0 N–H and O–H groups in total. The Morgan fingerprint density at radius 1 is 1.21 bits per heavy atom. The summed E-state index contributed by atoms with van der Waals surface area (Å²) >= 11 is 0. The minimum absolute atomic E-state index is 0.0931. The van der Waals surface area contributed by atoms with Crippen molar-refractivity contribution in [2.75, 3.05) is 27.4 Å². The Morgan fingerprint density at radius 2 is 1.95 bits per heavy atom. The maximum Gasteiger partial charge on any atom is 0.337 e. The Morgan fingerprint density at radius 3 is 2.58 bits per heavy atom. The highest BCUT2D eigenvalue weighted by atomic mass is 16.5. The number of carbonyl (C=O) groups is 1. The number of esters is 1. The molecule has 19 heavy (non-hydrogen) atoms. The Kier molecular flexibility index (Phi) is 4.63. The maximum absolute atomic E-state index is 11.5. The van der Waals surface area contributed by atoms with E-state index in [-0.39, 0.29) is 12.1 Å². The standard InChI is InChI=1S/C14H18O5/c1-16-12-4-3-10(14(15)17-2)9-13(12)19-11-5-7-18-8-6-11/h3-4,9,11H,5-8H2,1-2H3. The monoisotopic (exact) mass is 266 g/mol. The largest absolute Gasteiger partial charge is 0.493 e. The number of ether oxygens (including phenoxy) is 4. The molecule has 1 aromatic carbocycles. The fourth-order valence-electron chi connectivity index (χ4n) is 1.99. The third-order valence-corrected chi connectivity index (χ3v) is 3.05. The van der Waals surface area contributed by atoms with Gasteiger partial charge in [0.2, 0.25) is 0 Å². The number of carbonyl (C=O) groups excluding carboxylic acids is 1. The molecular weight excluding hydrogens is 248 g/mol. The van der Waals surface area contributed by atoms with E-state index in [1.54, 1.807) is 25.3 Å². The van der Waals surface area contributed by atoms with E-state index in [2.05, 4.69) is 0 Å². The van der Waals surface area contributed by atoms with E-state index in [1.807, 2.05) is 0 Å². The Hall–Kier alpha value is -1.75. The summed E-state index contributed by atoms with van der Waals surface area (Å²) in [6, 6.07) is 5.02. The van der Waals surface area contributed by atoms with Crippen molar-refractivity contribution < 1.29 is 23.7 Å². The van der Waals surface area contributed by atoms with Crippen molar-refractivity contribution in [2.24, 2.45) is 0 Å². The molecule has 1 fully saturated rings. The summed E-state index contributed by atoms with van der Waals surface area (Å²) in [4.78, 5) is 11.5. The summed E-state index contributed by atoms with van der Waals surface area (Å²) in [5, 5.41) is 0. The zero-order valence-electron chi connectivity index (χ0n) is 11.2. The third kappa shape index (κ3) is 3.38. The Balaban J connectivity index is 2.17. The fraction of sp³-hybridized carbons (Fsp3) is 0.500. The highest BCUT2D eigenvalue weighted by molar-refractivity contribution is 5.90. The van der Waals surface area contributed by atoms with Gasteiger partial charge in [-0.25, -0.2) is 4.79 Å². The fourth-order valence-corrected chi connectivity index (χ4v) is 1.99. The van der Waals surface area contributed by atoms with Gasteiger partial charge in [0.25, 0.3) is 0 Å². The highest BCUT2D eigenvalue weighted by Gasteiger charge is 2.18. The van der Waals surface area contributed by atoms with Crippen molar-refractivity contribution in [3.05, 3.63) is 23.8 Å². The van der Waals surface area contributed by atoms with Crippen LogP contribution in [-0.4, -0.2) is 39.5 Å². The van der Waals surface area contributed by atoms with Gasteiger partial charge in [-0.1, -0.05) is 0 Å². The van der Waals surface area contributed by atoms with Crippen LogP contribution in [0.15, 0.2) is 18.2 Å². The summed E-state index contributed by atoms with van der Waals surface area (Å²) in [6.07, 6.45) is 1.77. The van der Waals surface area contributed by atoms with Crippen molar-refractivity contribution in [1.82, 2.24) is 0 Å². The van der Waals surface area contributed by atoms with E-state index in [1.165, 1.54) is 7.11 Å². The van der Waals surface area contributed by atoms with Gasteiger partial charge in [-0.05, 0) is 18.2 Å². The van der Waals surface area contributed by atoms with Crippen LogP contribution < -0.4 is 9.47 Å². The molecule has 104 valence electrons. The lowest BCUT2D eigenvalue weighted by atomic mass is 10.1. The Labute approximate surface area is 112 Å². The van der Waals surface area contributed by atoms with Crippen molar-refractivity contribution in [3.8, 4) is 11.5 Å². The highest BCUT2D eigenvalue weighted by Crippen LogP contribution is 2.30. The van der Waals surface area contributed by atoms with Crippen molar-refractivity contribution in [1.29, 1.82) is 0 Å². The van der Waals surface area contributed by atoms with Crippen LogP contribution >= 0.6 is 0 Å². The van der Waals surface area contributed by atoms with E-state index < -0.39 is 0 Å². The molecule has 0 saturated carbocycles. The Bertz CT molecular complexity index is 437. The SMILES string of the molecule is COC(=O)c1ccc(OC)c(OC2CCOCC2)c1. The van der Waals surface area contributed by atoms with E-state index in [0.717, 1.165) is 12.8 Å². The molecule has 1 heterocycles. The molecular formula is C14H18O5. The predicted molar refractivity (Wildman–Crippen MR) is 68.8 cm³/mol. The number of rotatable bonds is 4. The molecule has 2 rings (SSSR count). The molecule has 0 spiro atoms. The van der Waals surface area contributed by atoms with Gasteiger partial charge < -0.3 is 18.9 Å². The summed E-state index contributed by atoms with van der Waals surface area (Å²) in [5.41, 5.74) is 0.449. The predicted octanol–water partition coefficient (Wildman–Crippen LogP) is 2.04. The first-order valence-corrected chi connectivity index (χ1v) is 6.25. The number of hydrogen-bond acceptors (Lipinski definition) is 5. The number of benzene rings is 1. The lowest BCUT2D eigenvalue weighted by molar-refractivity contribution is 0.0244. The molecule has 0 radical (unpaired) electrons. The summed E-state index contributed by atoms with van der Waals surface area (Å²) in [7, 11) is 2.93. The van der Waals surface area contributed by atoms with Gasteiger partial charge in [-0.3, -0.25) is 0 Å². The molecule has 5 heteroatoms. The zero-order chi connectivity index (χ0) is 13.7. The molecule has 1 aliphatic rings. The van der Waals surface area contributed by atoms with Crippen LogP contribution in [0.4, 0.5) is 0 Å². The van der Waals surface area contributed by atoms with Crippen LogP contribution in [0.5, 0.6) is 11.5 Å². The normalized spacial score (nSPS) is 15.9. The molecule has 1 saturated heterocycles. The van der Waals surface area contributed by atoms with Crippen LogP contribution in [0, 0.1) is 0 Å². The number of methoxy groups -OCH3 is 2. The molecule has 1 aromatic rings. The summed E-state index contributed by atoms with van der Waals surface area (Å²) in [6.45, 7) is 1.40.